The SMILES string of the molecule is CC1(C)O[C@H](c2ccccc2)[C@](C)(CSc2ccccc2)O1. The highest BCUT2D eigenvalue weighted by Crippen LogP contribution is 2.47. The van der Waals surface area contributed by atoms with Crippen molar-refractivity contribution in [2.75, 3.05) is 5.75 Å². The van der Waals surface area contributed by atoms with Crippen LogP contribution in [0, 0.1) is 0 Å². The maximum Gasteiger partial charge on any atom is 0.164 e. The fourth-order valence-corrected chi connectivity index (χ4v) is 3.96. The third kappa shape index (κ3) is 3.37. The van der Waals surface area contributed by atoms with Crippen LogP contribution < -0.4 is 0 Å². The van der Waals surface area contributed by atoms with E-state index in [4.69, 9.17) is 9.47 Å². The van der Waals surface area contributed by atoms with Gasteiger partial charge in [0.1, 0.15) is 11.7 Å². The van der Waals surface area contributed by atoms with Crippen LogP contribution in [0.3, 0.4) is 0 Å². The van der Waals surface area contributed by atoms with Gasteiger partial charge in [-0.15, -0.1) is 11.8 Å². The molecule has 2 aromatic carbocycles. The molecule has 2 nitrogen and oxygen atoms in total. The van der Waals surface area contributed by atoms with Gasteiger partial charge in [0.05, 0.1) is 0 Å². The third-order valence-electron chi connectivity index (χ3n) is 3.81. The molecule has 22 heavy (non-hydrogen) atoms. The Hall–Kier alpha value is -1.29. The smallest absolute Gasteiger partial charge is 0.164 e. The van der Waals surface area contributed by atoms with E-state index in [-0.39, 0.29) is 11.7 Å². The van der Waals surface area contributed by atoms with E-state index in [1.54, 1.807) is 0 Å². The van der Waals surface area contributed by atoms with Gasteiger partial charge in [0, 0.05) is 10.6 Å². The number of hydrogen-bond acceptors (Lipinski definition) is 3. The van der Waals surface area contributed by atoms with Gasteiger partial charge in [0.25, 0.3) is 0 Å². The van der Waals surface area contributed by atoms with Gasteiger partial charge in [0.2, 0.25) is 0 Å². The predicted molar refractivity (Wildman–Crippen MR) is 91.0 cm³/mol. The summed E-state index contributed by atoms with van der Waals surface area (Å²) in [5.41, 5.74) is 0.815. The normalized spacial score (nSPS) is 27.0. The van der Waals surface area contributed by atoms with Gasteiger partial charge >= 0.3 is 0 Å². The summed E-state index contributed by atoms with van der Waals surface area (Å²) in [4.78, 5) is 1.25. The Morgan fingerprint density at radius 1 is 0.909 bits per heavy atom. The Bertz CT molecular complexity index is 612. The van der Waals surface area contributed by atoms with Crippen molar-refractivity contribution in [2.45, 2.75) is 43.2 Å². The summed E-state index contributed by atoms with van der Waals surface area (Å²) in [6, 6.07) is 20.8. The molecule has 0 unspecified atom stereocenters. The van der Waals surface area contributed by atoms with Crippen LogP contribution in [0.25, 0.3) is 0 Å². The second-order valence-corrected chi connectivity index (χ2v) is 7.37. The summed E-state index contributed by atoms with van der Waals surface area (Å²) in [5.74, 6) is 0.284. The molecule has 0 radical (unpaired) electrons. The minimum absolute atomic E-state index is 0.0556. The molecule has 0 amide bonds. The Morgan fingerprint density at radius 3 is 2.14 bits per heavy atom. The van der Waals surface area contributed by atoms with Crippen molar-refractivity contribution in [1.29, 1.82) is 0 Å². The fourth-order valence-electron chi connectivity index (χ4n) is 2.94. The predicted octanol–water partition coefficient (Wildman–Crippen LogP) is 5.06. The third-order valence-corrected chi connectivity index (χ3v) is 5.13. The van der Waals surface area contributed by atoms with Crippen LogP contribution in [-0.4, -0.2) is 17.1 Å². The van der Waals surface area contributed by atoms with Crippen molar-refractivity contribution in [3.63, 3.8) is 0 Å². The first kappa shape index (κ1) is 15.6. The number of thioether (sulfide) groups is 1. The van der Waals surface area contributed by atoms with E-state index < -0.39 is 5.79 Å². The fraction of sp³-hybridized carbons (Fsp3) is 0.368. The molecule has 0 spiro atoms. The highest BCUT2D eigenvalue weighted by molar-refractivity contribution is 7.99. The first-order valence-electron chi connectivity index (χ1n) is 7.59. The lowest BCUT2D eigenvalue weighted by Crippen LogP contribution is -2.35. The summed E-state index contributed by atoms with van der Waals surface area (Å²) in [5, 5.41) is 0. The topological polar surface area (TPSA) is 18.5 Å². The highest BCUT2D eigenvalue weighted by Gasteiger charge is 2.50. The van der Waals surface area contributed by atoms with E-state index in [0.29, 0.717) is 0 Å². The van der Waals surface area contributed by atoms with E-state index in [2.05, 4.69) is 55.5 Å². The van der Waals surface area contributed by atoms with E-state index in [1.165, 1.54) is 10.5 Å². The van der Waals surface area contributed by atoms with E-state index in [0.717, 1.165) is 5.75 Å². The van der Waals surface area contributed by atoms with Crippen LogP contribution in [0.15, 0.2) is 65.6 Å². The van der Waals surface area contributed by atoms with E-state index >= 15 is 0 Å². The molecular formula is C19H22O2S. The molecule has 1 saturated heterocycles. The zero-order chi connectivity index (χ0) is 15.6. The lowest BCUT2D eigenvalue weighted by molar-refractivity contribution is -0.157. The van der Waals surface area contributed by atoms with Crippen molar-refractivity contribution >= 4 is 11.8 Å². The molecule has 0 aliphatic carbocycles. The molecule has 0 saturated carbocycles. The van der Waals surface area contributed by atoms with Crippen LogP contribution in [0.5, 0.6) is 0 Å². The Kier molecular flexibility index (Phi) is 4.31. The van der Waals surface area contributed by atoms with Crippen molar-refractivity contribution in [3.05, 3.63) is 66.2 Å². The standard InChI is InChI=1S/C19H22O2S/c1-18(2)20-17(15-10-6-4-7-11-15)19(3,21-18)14-22-16-12-8-5-9-13-16/h4-13,17H,14H2,1-3H3/t17-,19+/m1/s1. The lowest BCUT2D eigenvalue weighted by Gasteiger charge is -2.29. The molecule has 1 fully saturated rings. The summed E-state index contributed by atoms with van der Waals surface area (Å²) in [6.07, 6.45) is -0.0556. The molecule has 2 aromatic rings. The second kappa shape index (κ2) is 6.07. The minimum Gasteiger partial charge on any atom is -0.340 e. The Balaban J connectivity index is 1.82. The van der Waals surface area contributed by atoms with Crippen LogP contribution in [0.2, 0.25) is 0 Å². The van der Waals surface area contributed by atoms with Crippen molar-refractivity contribution < 1.29 is 9.47 Å². The molecule has 0 bridgehead atoms. The Morgan fingerprint density at radius 2 is 1.50 bits per heavy atom. The van der Waals surface area contributed by atoms with Crippen LogP contribution in [0.4, 0.5) is 0 Å². The van der Waals surface area contributed by atoms with Crippen LogP contribution in [0.1, 0.15) is 32.4 Å². The maximum absolute atomic E-state index is 6.28. The quantitative estimate of drug-likeness (QED) is 0.735. The van der Waals surface area contributed by atoms with Gasteiger partial charge < -0.3 is 9.47 Å². The van der Waals surface area contributed by atoms with E-state index in [9.17, 15) is 0 Å². The molecule has 1 aliphatic heterocycles. The zero-order valence-electron chi connectivity index (χ0n) is 13.3. The van der Waals surface area contributed by atoms with Crippen molar-refractivity contribution in [1.82, 2.24) is 0 Å². The molecule has 1 heterocycles. The molecule has 0 aromatic heterocycles. The lowest BCUT2D eigenvalue weighted by atomic mass is 9.95. The number of ether oxygens (including phenoxy) is 2. The van der Waals surface area contributed by atoms with Gasteiger partial charge in [-0.2, -0.15) is 0 Å². The number of rotatable bonds is 4. The first-order chi connectivity index (χ1) is 10.5. The van der Waals surface area contributed by atoms with Gasteiger partial charge in [-0.3, -0.25) is 0 Å². The molecule has 0 N–H and O–H groups in total. The van der Waals surface area contributed by atoms with Crippen molar-refractivity contribution in [2.24, 2.45) is 0 Å². The minimum atomic E-state index is -0.563. The van der Waals surface area contributed by atoms with Gasteiger partial charge in [-0.05, 0) is 38.5 Å². The van der Waals surface area contributed by atoms with E-state index in [1.807, 2.05) is 37.7 Å². The van der Waals surface area contributed by atoms with Gasteiger partial charge in [-0.25, -0.2) is 0 Å². The average molecular weight is 314 g/mol. The largest absolute Gasteiger partial charge is 0.340 e. The number of hydrogen-bond donors (Lipinski definition) is 0. The molecule has 3 rings (SSSR count). The summed E-state index contributed by atoms with van der Waals surface area (Å²) < 4.78 is 12.5. The number of benzene rings is 2. The molecular weight excluding hydrogens is 292 g/mol. The monoisotopic (exact) mass is 314 g/mol. The zero-order valence-corrected chi connectivity index (χ0v) is 14.1. The summed E-state index contributed by atoms with van der Waals surface area (Å²) in [7, 11) is 0. The molecule has 116 valence electrons. The molecule has 2 atom stereocenters. The molecule has 1 aliphatic rings. The average Bonchev–Trinajstić information content (AvgIpc) is 2.77. The summed E-state index contributed by atoms with van der Waals surface area (Å²) in [6.45, 7) is 6.12. The Labute approximate surface area is 136 Å². The van der Waals surface area contributed by atoms with Crippen molar-refractivity contribution in [3.8, 4) is 0 Å². The maximum atomic E-state index is 6.28. The highest BCUT2D eigenvalue weighted by atomic mass is 32.2. The van der Waals surface area contributed by atoms with Gasteiger partial charge in [0.15, 0.2) is 5.79 Å². The first-order valence-corrected chi connectivity index (χ1v) is 8.58. The van der Waals surface area contributed by atoms with Crippen LogP contribution >= 0.6 is 11.8 Å². The van der Waals surface area contributed by atoms with Gasteiger partial charge in [-0.1, -0.05) is 48.5 Å². The van der Waals surface area contributed by atoms with Crippen LogP contribution in [-0.2, 0) is 9.47 Å². The molecule has 3 heteroatoms. The summed E-state index contributed by atoms with van der Waals surface area (Å²) >= 11 is 1.81. The second-order valence-electron chi connectivity index (χ2n) is 6.32.